The van der Waals surface area contributed by atoms with E-state index in [0.29, 0.717) is 23.2 Å². The van der Waals surface area contributed by atoms with E-state index >= 15 is 0 Å². The van der Waals surface area contributed by atoms with Crippen molar-refractivity contribution in [2.45, 2.75) is 12.6 Å². The minimum Gasteiger partial charge on any atom is -0.439 e. The van der Waals surface area contributed by atoms with Crippen LogP contribution < -0.4 is 5.32 Å². The molecule has 1 aromatic heterocycles. The Balaban J connectivity index is 1.53. The lowest BCUT2D eigenvalue weighted by Crippen LogP contribution is -2.22. The Morgan fingerprint density at radius 2 is 1.52 bits per heavy atom. The zero-order chi connectivity index (χ0) is 18.5. The second-order valence-corrected chi connectivity index (χ2v) is 6.70. The Morgan fingerprint density at radius 3 is 2.15 bits per heavy atom. The molecule has 134 valence electrons. The van der Waals surface area contributed by atoms with E-state index in [1.165, 1.54) is 11.1 Å². The normalized spacial score (nSPS) is 11.0. The quantitative estimate of drug-likeness (QED) is 0.458. The molecule has 0 radical (unpaired) electrons. The molecular formula is C23H19ClN2O. The average molecular weight is 375 g/mol. The standard InChI is InChI=1S/C23H19ClN2O/c24-20-13-7-12-19(14-20)21-15-25-22(27-21)16-26-23(17-8-3-1-4-9-17)18-10-5-2-6-11-18/h1-15,23,26H,16H2. The molecule has 0 atom stereocenters. The van der Waals surface area contributed by atoms with Crippen molar-refractivity contribution in [3.63, 3.8) is 0 Å². The number of halogens is 1. The van der Waals surface area contributed by atoms with Crippen LogP contribution in [0.3, 0.4) is 0 Å². The molecule has 4 rings (SSSR count). The largest absolute Gasteiger partial charge is 0.439 e. The zero-order valence-electron chi connectivity index (χ0n) is 14.7. The van der Waals surface area contributed by atoms with E-state index in [9.17, 15) is 0 Å². The van der Waals surface area contributed by atoms with E-state index in [1.807, 2.05) is 36.4 Å². The number of aromatic nitrogens is 1. The zero-order valence-corrected chi connectivity index (χ0v) is 15.4. The summed E-state index contributed by atoms with van der Waals surface area (Å²) in [5.41, 5.74) is 3.32. The van der Waals surface area contributed by atoms with Gasteiger partial charge in [-0.3, -0.25) is 5.32 Å². The first kappa shape index (κ1) is 17.5. The number of benzene rings is 3. The van der Waals surface area contributed by atoms with Crippen LogP contribution in [0.2, 0.25) is 5.02 Å². The minimum atomic E-state index is 0.0638. The molecule has 3 aromatic carbocycles. The van der Waals surface area contributed by atoms with Crippen molar-refractivity contribution in [2.24, 2.45) is 0 Å². The molecule has 0 unspecified atom stereocenters. The topological polar surface area (TPSA) is 38.1 Å². The number of nitrogens with one attached hydrogen (secondary N) is 1. The van der Waals surface area contributed by atoms with Gasteiger partial charge in [-0.05, 0) is 23.3 Å². The van der Waals surface area contributed by atoms with Crippen molar-refractivity contribution >= 4 is 11.6 Å². The van der Waals surface area contributed by atoms with Gasteiger partial charge in [0.25, 0.3) is 0 Å². The Bertz CT molecular complexity index is 960. The lowest BCUT2D eigenvalue weighted by atomic mass is 9.99. The Hall–Kier alpha value is -2.88. The molecule has 1 N–H and O–H groups in total. The van der Waals surface area contributed by atoms with Gasteiger partial charge < -0.3 is 4.42 Å². The molecule has 0 aliphatic carbocycles. The van der Waals surface area contributed by atoms with Gasteiger partial charge >= 0.3 is 0 Å². The van der Waals surface area contributed by atoms with Gasteiger partial charge in [-0.2, -0.15) is 0 Å². The molecule has 27 heavy (non-hydrogen) atoms. The first-order valence-electron chi connectivity index (χ1n) is 8.83. The highest BCUT2D eigenvalue weighted by molar-refractivity contribution is 6.30. The smallest absolute Gasteiger partial charge is 0.208 e. The molecular weight excluding hydrogens is 356 g/mol. The maximum absolute atomic E-state index is 6.07. The van der Waals surface area contributed by atoms with Crippen LogP contribution in [0, 0.1) is 0 Å². The third-order valence-electron chi connectivity index (χ3n) is 4.39. The van der Waals surface area contributed by atoms with Gasteiger partial charge in [0, 0.05) is 10.6 Å². The molecule has 0 spiro atoms. The molecule has 0 fully saturated rings. The molecule has 3 nitrogen and oxygen atoms in total. The SMILES string of the molecule is Clc1cccc(-c2cnc(CNC(c3ccccc3)c3ccccc3)o2)c1. The predicted octanol–water partition coefficient (Wildman–Crippen LogP) is 5.87. The Morgan fingerprint density at radius 1 is 0.852 bits per heavy atom. The molecule has 0 bridgehead atoms. The minimum absolute atomic E-state index is 0.0638. The van der Waals surface area contributed by atoms with E-state index in [0.717, 1.165) is 5.56 Å². The van der Waals surface area contributed by atoms with Crippen molar-refractivity contribution in [3.8, 4) is 11.3 Å². The van der Waals surface area contributed by atoms with E-state index in [4.69, 9.17) is 16.0 Å². The van der Waals surface area contributed by atoms with Gasteiger partial charge in [-0.15, -0.1) is 0 Å². The summed E-state index contributed by atoms with van der Waals surface area (Å²) in [7, 11) is 0. The summed E-state index contributed by atoms with van der Waals surface area (Å²) >= 11 is 6.07. The molecule has 0 aliphatic rings. The fourth-order valence-corrected chi connectivity index (χ4v) is 3.27. The summed E-state index contributed by atoms with van der Waals surface area (Å²) in [6.07, 6.45) is 1.74. The van der Waals surface area contributed by atoms with Crippen molar-refractivity contribution in [2.75, 3.05) is 0 Å². The highest BCUT2D eigenvalue weighted by Crippen LogP contribution is 2.25. The fraction of sp³-hybridized carbons (Fsp3) is 0.0870. The van der Waals surface area contributed by atoms with E-state index < -0.39 is 0 Å². The number of rotatable bonds is 6. The molecule has 0 saturated carbocycles. The predicted molar refractivity (Wildman–Crippen MR) is 109 cm³/mol. The van der Waals surface area contributed by atoms with Crippen LogP contribution in [0.1, 0.15) is 23.1 Å². The molecule has 0 saturated heterocycles. The van der Waals surface area contributed by atoms with Crippen LogP contribution in [-0.4, -0.2) is 4.98 Å². The van der Waals surface area contributed by atoms with E-state index in [1.54, 1.807) is 6.20 Å². The average Bonchev–Trinajstić information content (AvgIpc) is 3.19. The monoisotopic (exact) mass is 374 g/mol. The third kappa shape index (κ3) is 4.27. The molecule has 1 heterocycles. The van der Waals surface area contributed by atoms with Crippen molar-refractivity contribution in [1.82, 2.24) is 10.3 Å². The van der Waals surface area contributed by atoms with Gasteiger partial charge in [-0.25, -0.2) is 4.98 Å². The van der Waals surface area contributed by atoms with E-state index in [2.05, 4.69) is 58.8 Å². The summed E-state index contributed by atoms with van der Waals surface area (Å²) < 4.78 is 5.91. The molecule has 4 heteroatoms. The van der Waals surface area contributed by atoms with Crippen LogP contribution in [0.15, 0.2) is 95.5 Å². The summed E-state index contributed by atoms with van der Waals surface area (Å²) in [4.78, 5) is 4.41. The van der Waals surface area contributed by atoms with Crippen molar-refractivity contribution in [1.29, 1.82) is 0 Å². The lowest BCUT2D eigenvalue weighted by Gasteiger charge is -2.19. The van der Waals surface area contributed by atoms with Crippen LogP contribution in [0.4, 0.5) is 0 Å². The van der Waals surface area contributed by atoms with Gasteiger partial charge in [-0.1, -0.05) is 84.4 Å². The van der Waals surface area contributed by atoms with Gasteiger partial charge in [0.1, 0.15) is 0 Å². The number of nitrogens with zero attached hydrogens (tertiary/aromatic N) is 1. The Labute approximate surface area is 163 Å². The number of hydrogen-bond donors (Lipinski definition) is 1. The van der Waals surface area contributed by atoms with Crippen LogP contribution in [-0.2, 0) is 6.54 Å². The molecule has 0 amide bonds. The summed E-state index contributed by atoms with van der Waals surface area (Å²) in [5.74, 6) is 1.35. The third-order valence-corrected chi connectivity index (χ3v) is 4.62. The van der Waals surface area contributed by atoms with E-state index in [-0.39, 0.29) is 6.04 Å². The second kappa shape index (κ2) is 8.21. The van der Waals surface area contributed by atoms with Gasteiger partial charge in [0.2, 0.25) is 5.89 Å². The van der Waals surface area contributed by atoms with Crippen molar-refractivity contribution in [3.05, 3.63) is 113 Å². The fourth-order valence-electron chi connectivity index (χ4n) is 3.08. The summed E-state index contributed by atoms with van der Waals surface area (Å²) in [6.45, 7) is 0.523. The number of hydrogen-bond acceptors (Lipinski definition) is 3. The second-order valence-electron chi connectivity index (χ2n) is 6.26. The Kier molecular flexibility index (Phi) is 5.33. The van der Waals surface area contributed by atoms with Gasteiger partial charge in [0.05, 0.1) is 18.8 Å². The number of oxazole rings is 1. The summed E-state index contributed by atoms with van der Waals surface area (Å²) in [5, 5.41) is 4.24. The molecule has 4 aromatic rings. The van der Waals surface area contributed by atoms with Crippen molar-refractivity contribution < 1.29 is 4.42 Å². The lowest BCUT2D eigenvalue weighted by molar-refractivity contribution is 0.462. The maximum atomic E-state index is 6.07. The maximum Gasteiger partial charge on any atom is 0.208 e. The highest BCUT2D eigenvalue weighted by Gasteiger charge is 2.15. The first-order valence-corrected chi connectivity index (χ1v) is 9.21. The molecule has 0 aliphatic heterocycles. The van der Waals surface area contributed by atoms with Crippen LogP contribution in [0.5, 0.6) is 0 Å². The first-order chi connectivity index (χ1) is 13.3. The highest BCUT2D eigenvalue weighted by atomic mass is 35.5. The van der Waals surface area contributed by atoms with Crippen LogP contribution in [0.25, 0.3) is 11.3 Å². The van der Waals surface area contributed by atoms with Crippen LogP contribution >= 0.6 is 11.6 Å². The van der Waals surface area contributed by atoms with Gasteiger partial charge in [0.15, 0.2) is 5.76 Å². The summed E-state index contributed by atoms with van der Waals surface area (Å²) in [6, 6.07) is 28.4.